The molecule has 1 aromatic carbocycles. The molecule has 0 saturated carbocycles. The Hall–Kier alpha value is -1.89. The van der Waals surface area contributed by atoms with Crippen molar-refractivity contribution in [3.05, 3.63) is 45.2 Å². The third-order valence-corrected chi connectivity index (χ3v) is 4.02. The zero-order chi connectivity index (χ0) is 15.6. The maximum absolute atomic E-state index is 13.4. The fourth-order valence-corrected chi connectivity index (χ4v) is 2.80. The van der Waals surface area contributed by atoms with Gasteiger partial charge >= 0.3 is 0 Å². The Morgan fingerprint density at radius 2 is 1.95 bits per heavy atom. The van der Waals surface area contributed by atoms with Gasteiger partial charge in [0.05, 0.1) is 16.4 Å². The SMILES string of the molecule is Cc1nc(C)c(CCC(=O)Nc2ccc(F)c(F)c2F)s1. The minimum Gasteiger partial charge on any atom is -0.323 e. The topological polar surface area (TPSA) is 42.0 Å². The number of nitrogens with zero attached hydrogens (tertiary/aromatic N) is 1. The molecular formula is C14H13F3N2OS. The molecular weight excluding hydrogens is 301 g/mol. The molecule has 0 unspecified atom stereocenters. The van der Waals surface area contributed by atoms with Crippen LogP contribution in [-0.4, -0.2) is 10.9 Å². The molecule has 0 fully saturated rings. The number of anilines is 1. The van der Waals surface area contributed by atoms with E-state index in [1.807, 2.05) is 13.8 Å². The summed E-state index contributed by atoms with van der Waals surface area (Å²) < 4.78 is 39.2. The van der Waals surface area contributed by atoms with Crippen molar-refractivity contribution in [3.63, 3.8) is 0 Å². The van der Waals surface area contributed by atoms with E-state index in [2.05, 4.69) is 10.3 Å². The van der Waals surface area contributed by atoms with Gasteiger partial charge in [-0.1, -0.05) is 0 Å². The fourth-order valence-electron chi connectivity index (χ4n) is 1.87. The number of aromatic nitrogens is 1. The first-order valence-electron chi connectivity index (χ1n) is 6.24. The van der Waals surface area contributed by atoms with Crippen LogP contribution in [0.25, 0.3) is 0 Å². The maximum atomic E-state index is 13.4. The number of carbonyl (C=O) groups is 1. The second kappa shape index (κ2) is 6.26. The van der Waals surface area contributed by atoms with Gasteiger partial charge in [0.1, 0.15) is 0 Å². The Morgan fingerprint density at radius 3 is 2.57 bits per heavy atom. The summed E-state index contributed by atoms with van der Waals surface area (Å²) >= 11 is 1.50. The molecule has 2 aromatic rings. The molecule has 0 aliphatic carbocycles. The lowest BCUT2D eigenvalue weighted by molar-refractivity contribution is -0.116. The zero-order valence-corrected chi connectivity index (χ0v) is 12.3. The summed E-state index contributed by atoms with van der Waals surface area (Å²) in [7, 11) is 0. The molecule has 21 heavy (non-hydrogen) atoms. The highest BCUT2D eigenvalue weighted by molar-refractivity contribution is 7.11. The molecule has 1 heterocycles. The van der Waals surface area contributed by atoms with Crippen molar-refractivity contribution in [3.8, 4) is 0 Å². The highest BCUT2D eigenvalue weighted by Gasteiger charge is 2.15. The van der Waals surface area contributed by atoms with E-state index < -0.39 is 23.4 Å². The highest BCUT2D eigenvalue weighted by Crippen LogP contribution is 2.21. The molecule has 0 aliphatic heterocycles. The van der Waals surface area contributed by atoms with Crippen molar-refractivity contribution in [2.75, 3.05) is 5.32 Å². The molecule has 1 N–H and O–H groups in total. The normalized spacial score (nSPS) is 10.7. The maximum Gasteiger partial charge on any atom is 0.224 e. The van der Waals surface area contributed by atoms with E-state index in [1.54, 1.807) is 0 Å². The van der Waals surface area contributed by atoms with Gasteiger partial charge in [0.15, 0.2) is 17.5 Å². The lowest BCUT2D eigenvalue weighted by atomic mass is 10.2. The van der Waals surface area contributed by atoms with Gasteiger partial charge in [-0.05, 0) is 32.4 Å². The summed E-state index contributed by atoms with van der Waals surface area (Å²) in [5.41, 5.74) is 0.500. The van der Waals surface area contributed by atoms with Crippen molar-refractivity contribution in [2.45, 2.75) is 26.7 Å². The summed E-state index contributed by atoms with van der Waals surface area (Å²) in [5.74, 6) is -4.75. The Bertz CT molecular complexity index is 685. The van der Waals surface area contributed by atoms with Crippen LogP contribution in [0.4, 0.5) is 18.9 Å². The minimum absolute atomic E-state index is 0.112. The molecule has 0 aliphatic rings. The lowest BCUT2D eigenvalue weighted by Gasteiger charge is -2.07. The van der Waals surface area contributed by atoms with Gasteiger partial charge in [-0.3, -0.25) is 4.79 Å². The predicted octanol–water partition coefficient (Wildman–Crippen LogP) is 3.75. The predicted molar refractivity (Wildman–Crippen MR) is 74.9 cm³/mol. The molecule has 2 rings (SSSR count). The van der Waals surface area contributed by atoms with E-state index in [4.69, 9.17) is 0 Å². The molecule has 3 nitrogen and oxygen atoms in total. The Labute approximate surface area is 123 Å². The van der Waals surface area contributed by atoms with Gasteiger partial charge < -0.3 is 5.32 Å². The van der Waals surface area contributed by atoms with Crippen molar-refractivity contribution >= 4 is 22.9 Å². The van der Waals surface area contributed by atoms with Crippen LogP contribution in [-0.2, 0) is 11.2 Å². The number of aryl methyl sites for hydroxylation is 3. The van der Waals surface area contributed by atoms with E-state index in [1.165, 1.54) is 11.3 Å². The summed E-state index contributed by atoms with van der Waals surface area (Å²) in [6.45, 7) is 3.73. The van der Waals surface area contributed by atoms with Gasteiger partial charge in [-0.2, -0.15) is 0 Å². The number of carbonyl (C=O) groups excluding carboxylic acids is 1. The Kier molecular flexibility index (Phi) is 4.62. The first kappa shape index (κ1) is 15.5. The van der Waals surface area contributed by atoms with E-state index in [9.17, 15) is 18.0 Å². The van der Waals surface area contributed by atoms with Crippen LogP contribution in [0.15, 0.2) is 12.1 Å². The summed E-state index contributed by atoms with van der Waals surface area (Å²) in [5, 5.41) is 3.15. The van der Waals surface area contributed by atoms with Gasteiger partial charge in [0.25, 0.3) is 0 Å². The Morgan fingerprint density at radius 1 is 1.24 bits per heavy atom. The highest BCUT2D eigenvalue weighted by atomic mass is 32.1. The molecule has 7 heteroatoms. The molecule has 0 bridgehead atoms. The fraction of sp³-hybridized carbons (Fsp3) is 0.286. The van der Waals surface area contributed by atoms with E-state index in [0.29, 0.717) is 6.42 Å². The van der Waals surface area contributed by atoms with Crippen LogP contribution >= 0.6 is 11.3 Å². The largest absolute Gasteiger partial charge is 0.323 e. The first-order valence-corrected chi connectivity index (χ1v) is 7.06. The summed E-state index contributed by atoms with van der Waals surface area (Å²) in [6, 6.07) is 1.76. The number of benzene rings is 1. The molecule has 112 valence electrons. The van der Waals surface area contributed by atoms with Gasteiger partial charge in [-0.15, -0.1) is 11.3 Å². The van der Waals surface area contributed by atoms with Crippen molar-refractivity contribution in [1.29, 1.82) is 0 Å². The molecule has 0 saturated heterocycles. The van der Waals surface area contributed by atoms with E-state index in [0.717, 1.165) is 27.7 Å². The molecule has 0 spiro atoms. The number of halogens is 3. The summed E-state index contributed by atoms with van der Waals surface area (Å²) in [6.07, 6.45) is 0.579. The van der Waals surface area contributed by atoms with E-state index in [-0.39, 0.29) is 12.1 Å². The number of amides is 1. The third kappa shape index (κ3) is 3.60. The van der Waals surface area contributed by atoms with Crippen molar-refractivity contribution in [1.82, 2.24) is 4.98 Å². The molecule has 1 aromatic heterocycles. The number of nitrogens with one attached hydrogen (secondary N) is 1. The van der Waals surface area contributed by atoms with Crippen LogP contribution in [0.2, 0.25) is 0 Å². The number of hydrogen-bond donors (Lipinski definition) is 1. The van der Waals surface area contributed by atoms with Gasteiger partial charge in [0.2, 0.25) is 5.91 Å². The van der Waals surface area contributed by atoms with Gasteiger partial charge in [-0.25, -0.2) is 18.2 Å². The lowest BCUT2D eigenvalue weighted by Crippen LogP contribution is -2.14. The first-order chi connectivity index (χ1) is 9.88. The average Bonchev–Trinajstić information content (AvgIpc) is 2.75. The number of thiazole rings is 1. The number of rotatable bonds is 4. The molecule has 0 atom stereocenters. The minimum atomic E-state index is -1.60. The van der Waals surface area contributed by atoms with Crippen molar-refractivity contribution < 1.29 is 18.0 Å². The van der Waals surface area contributed by atoms with E-state index >= 15 is 0 Å². The standard InChI is InChI=1S/C14H13F3N2OS/c1-7-11(21-8(2)18-7)5-6-12(20)19-10-4-3-9(15)13(16)14(10)17/h3-4H,5-6H2,1-2H3,(H,19,20). The Balaban J connectivity index is 1.99. The van der Waals surface area contributed by atoms with Gasteiger partial charge in [0, 0.05) is 11.3 Å². The quantitative estimate of drug-likeness (QED) is 0.873. The monoisotopic (exact) mass is 314 g/mol. The molecule has 1 amide bonds. The van der Waals surface area contributed by atoms with Crippen LogP contribution < -0.4 is 5.32 Å². The number of hydrogen-bond acceptors (Lipinski definition) is 3. The summed E-state index contributed by atoms with van der Waals surface area (Å²) in [4.78, 5) is 17.0. The van der Waals surface area contributed by atoms with Crippen LogP contribution in [0.1, 0.15) is 22.0 Å². The van der Waals surface area contributed by atoms with Crippen molar-refractivity contribution in [2.24, 2.45) is 0 Å². The van der Waals surface area contributed by atoms with Crippen LogP contribution in [0.3, 0.4) is 0 Å². The van der Waals surface area contributed by atoms with Crippen LogP contribution in [0, 0.1) is 31.3 Å². The zero-order valence-electron chi connectivity index (χ0n) is 11.5. The smallest absolute Gasteiger partial charge is 0.224 e. The van der Waals surface area contributed by atoms with Crippen LogP contribution in [0.5, 0.6) is 0 Å². The average molecular weight is 314 g/mol. The second-order valence-electron chi connectivity index (χ2n) is 4.51. The second-order valence-corrected chi connectivity index (χ2v) is 5.80. The third-order valence-electron chi connectivity index (χ3n) is 2.89. The molecule has 0 radical (unpaired) electrons.